The molecule has 1 rings (SSSR count). The van der Waals surface area contributed by atoms with Gasteiger partial charge in [-0.2, -0.15) is 5.48 Å². The fraction of sp³-hybridized carbons (Fsp3) is 0.400. The van der Waals surface area contributed by atoms with Crippen LogP contribution >= 0.6 is 15.9 Å². The molecule has 1 N–H and O–H groups in total. The molecule has 78 valence electrons. The molecular formula is C10H14BrNO2. The second-order valence-corrected chi connectivity index (χ2v) is 3.71. The van der Waals surface area contributed by atoms with Crippen LogP contribution < -0.4 is 5.48 Å². The fourth-order valence-corrected chi connectivity index (χ4v) is 1.43. The minimum Gasteiger partial charge on any atom is -0.382 e. The van der Waals surface area contributed by atoms with E-state index in [2.05, 4.69) is 21.4 Å². The summed E-state index contributed by atoms with van der Waals surface area (Å²) in [5.41, 5.74) is 4.04. The number of methoxy groups -OCH3 is 1. The van der Waals surface area contributed by atoms with Crippen molar-refractivity contribution in [1.29, 1.82) is 0 Å². The van der Waals surface area contributed by atoms with Crippen molar-refractivity contribution >= 4 is 15.9 Å². The van der Waals surface area contributed by atoms with Gasteiger partial charge in [-0.15, -0.1) is 0 Å². The maximum atomic E-state index is 5.13. The molecule has 0 unspecified atom stereocenters. The van der Waals surface area contributed by atoms with E-state index in [1.165, 1.54) is 5.56 Å². The van der Waals surface area contributed by atoms with E-state index in [-0.39, 0.29) is 0 Å². The van der Waals surface area contributed by atoms with Gasteiger partial charge < -0.3 is 4.74 Å². The van der Waals surface area contributed by atoms with Gasteiger partial charge in [-0.3, -0.25) is 4.84 Å². The number of hydrogen-bond acceptors (Lipinski definition) is 3. The van der Waals surface area contributed by atoms with Crippen LogP contribution in [-0.2, 0) is 16.1 Å². The van der Waals surface area contributed by atoms with Gasteiger partial charge in [-0.05, 0) is 17.7 Å². The Kier molecular flexibility index (Phi) is 5.78. The first kappa shape index (κ1) is 11.7. The molecule has 0 aromatic heterocycles. The van der Waals surface area contributed by atoms with E-state index in [9.17, 15) is 0 Å². The van der Waals surface area contributed by atoms with Gasteiger partial charge >= 0.3 is 0 Å². The topological polar surface area (TPSA) is 30.5 Å². The van der Waals surface area contributed by atoms with Crippen molar-refractivity contribution in [2.24, 2.45) is 0 Å². The second kappa shape index (κ2) is 6.95. The smallest absolute Gasteiger partial charge is 0.0916 e. The lowest BCUT2D eigenvalue weighted by atomic mass is 10.2. The lowest BCUT2D eigenvalue weighted by molar-refractivity contribution is 0.00346. The van der Waals surface area contributed by atoms with E-state index in [0.717, 1.165) is 4.47 Å². The van der Waals surface area contributed by atoms with Crippen molar-refractivity contribution in [1.82, 2.24) is 5.48 Å². The average molecular weight is 260 g/mol. The Labute approximate surface area is 92.5 Å². The standard InChI is InChI=1S/C10H14BrNO2/c1-13-5-6-14-12-8-9-3-2-4-10(11)7-9/h2-4,7,12H,5-6,8H2,1H3. The zero-order chi connectivity index (χ0) is 10.2. The average Bonchev–Trinajstić information content (AvgIpc) is 2.18. The van der Waals surface area contributed by atoms with Gasteiger partial charge in [0.05, 0.1) is 13.2 Å². The molecule has 0 spiro atoms. The van der Waals surface area contributed by atoms with Crippen molar-refractivity contribution < 1.29 is 9.57 Å². The van der Waals surface area contributed by atoms with Crippen molar-refractivity contribution in [2.45, 2.75) is 6.54 Å². The molecule has 0 aliphatic carbocycles. The number of halogens is 1. The van der Waals surface area contributed by atoms with Crippen molar-refractivity contribution in [2.75, 3.05) is 20.3 Å². The molecule has 0 bridgehead atoms. The first-order valence-electron chi connectivity index (χ1n) is 4.41. The van der Waals surface area contributed by atoms with E-state index in [1.54, 1.807) is 7.11 Å². The Balaban J connectivity index is 2.18. The van der Waals surface area contributed by atoms with E-state index in [1.807, 2.05) is 24.3 Å². The SMILES string of the molecule is COCCONCc1cccc(Br)c1. The first-order chi connectivity index (χ1) is 6.83. The quantitative estimate of drug-likeness (QED) is 0.627. The summed E-state index contributed by atoms with van der Waals surface area (Å²) in [6.45, 7) is 1.86. The Morgan fingerprint density at radius 1 is 1.36 bits per heavy atom. The summed E-state index contributed by atoms with van der Waals surface area (Å²) in [6.07, 6.45) is 0. The molecule has 1 aromatic rings. The lowest BCUT2D eigenvalue weighted by Gasteiger charge is -2.05. The highest BCUT2D eigenvalue weighted by Gasteiger charge is 1.93. The molecule has 0 radical (unpaired) electrons. The third-order valence-corrected chi connectivity index (χ3v) is 2.15. The molecule has 0 aliphatic rings. The van der Waals surface area contributed by atoms with Gasteiger partial charge in [0.15, 0.2) is 0 Å². The number of ether oxygens (including phenoxy) is 1. The third kappa shape index (κ3) is 4.72. The van der Waals surface area contributed by atoms with Crippen LogP contribution in [0.3, 0.4) is 0 Å². The fourth-order valence-electron chi connectivity index (χ4n) is 0.978. The summed E-state index contributed by atoms with van der Waals surface area (Å²) in [5, 5.41) is 0. The molecule has 0 atom stereocenters. The Bertz CT molecular complexity index is 268. The summed E-state index contributed by atoms with van der Waals surface area (Å²) in [4.78, 5) is 5.13. The van der Waals surface area contributed by atoms with Crippen LogP contribution in [0.25, 0.3) is 0 Å². The minimum absolute atomic E-state index is 0.560. The van der Waals surface area contributed by atoms with Gasteiger partial charge in [0.2, 0.25) is 0 Å². The third-order valence-electron chi connectivity index (χ3n) is 1.66. The predicted octanol–water partition coefficient (Wildman–Crippen LogP) is 2.12. The van der Waals surface area contributed by atoms with E-state index < -0.39 is 0 Å². The molecule has 4 heteroatoms. The van der Waals surface area contributed by atoms with Crippen LogP contribution in [0.15, 0.2) is 28.7 Å². The molecule has 0 saturated heterocycles. The van der Waals surface area contributed by atoms with Gasteiger partial charge in [-0.25, -0.2) is 0 Å². The molecule has 14 heavy (non-hydrogen) atoms. The summed E-state index contributed by atoms with van der Waals surface area (Å²) in [7, 11) is 1.65. The highest BCUT2D eigenvalue weighted by molar-refractivity contribution is 9.10. The molecular weight excluding hydrogens is 246 g/mol. The minimum atomic E-state index is 0.560. The lowest BCUT2D eigenvalue weighted by Crippen LogP contribution is -2.17. The van der Waals surface area contributed by atoms with Crippen LogP contribution in [0.4, 0.5) is 0 Å². The van der Waals surface area contributed by atoms with E-state index in [0.29, 0.717) is 19.8 Å². The van der Waals surface area contributed by atoms with Gasteiger partial charge in [0.1, 0.15) is 0 Å². The molecule has 0 fully saturated rings. The molecule has 0 heterocycles. The number of hydroxylamine groups is 1. The molecule has 0 saturated carbocycles. The van der Waals surface area contributed by atoms with Gasteiger partial charge in [0, 0.05) is 18.1 Å². The molecule has 0 aliphatic heterocycles. The van der Waals surface area contributed by atoms with Crippen LogP contribution in [-0.4, -0.2) is 20.3 Å². The zero-order valence-corrected chi connectivity index (χ0v) is 9.71. The number of benzene rings is 1. The van der Waals surface area contributed by atoms with Crippen molar-refractivity contribution in [3.63, 3.8) is 0 Å². The number of hydrogen-bond donors (Lipinski definition) is 1. The summed E-state index contributed by atoms with van der Waals surface area (Å²) >= 11 is 3.41. The maximum absolute atomic E-state index is 5.13. The highest BCUT2D eigenvalue weighted by atomic mass is 79.9. The molecule has 3 nitrogen and oxygen atoms in total. The first-order valence-corrected chi connectivity index (χ1v) is 5.20. The van der Waals surface area contributed by atoms with Gasteiger partial charge in [-0.1, -0.05) is 28.1 Å². The van der Waals surface area contributed by atoms with E-state index >= 15 is 0 Å². The van der Waals surface area contributed by atoms with Crippen molar-refractivity contribution in [3.05, 3.63) is 34.3 Å². The van der Waals surface area contributed by atoms with E-state index in [4.69, 9.17) is 9.57 Å². The molecule has 1 aromatic carbocycles. The van der Waals surface area contributed by atoms with Crippen LogP contribution in [0.2, 0.25) is 0 Å². The largest absolute Gasteiger partial charge is 0.382 e. The van der Waals surface area contributed by atoms with Crippen molar-refractivity contribution in [3.8, 4) is 0 Å². The summed E-state index contributed by atoms with van der Waals surface area (Å²) in [5.74, 6) is 0. The summed E-state index contributed by atoms with van der Waals surface area (Å²) < 4.78 is 5.92. The predicted molar refractivity (Wildman–Crippen MR) is 58.8 cm³/mol. The van der Waals surface area contributed by atoms with Crippen LogP contribution in [0.1, 0.15) is 5.56 Å². The second-order valence-electron chi connectivity index (χ2n) is 2.79. The highest BCUT2D eigenvalue weighted by Crippen LogP contribution is 2.11. The number of rotatable bonds is 6. The Morgan fingerprint density at radius 3 is 2.93 bits per heavy atom. The van der Waals surface area contributed by atoms with Gasteiger partial charge in [0.25, 0.3) is 0 Å². The Morgan fingerprint density at radius 2 is 2.21 bits per heavy atom. The number of nitrogens with one attached hydrogen (secondary N) is 1. The maximum Gasteiger partial charge on any atom is 0.0916 e. The zero-order valence-electron chi connectivity index (χ0n) is 8.13. The summed E-state index contributed by atoms with van der Waals surface area (Å²) in [6, 6.07) is 8.08. The monoisotopic (exact) mass is 259 g/mol. The normalized spacial score (nSPS) is 10.4. The van der Waals surface area contributed by atoms with Crippen LogP contribution in [0.5, 0.6) is 0 Å². The van der Waals surface area contributed by atoms with Crippen LogP contribution in [0, 0.1) is 0 Å². The molecule has 0 amide bonds. The Hall–Kier alpha value is -0.420.